The molecule has 0 saturated carbocycles. The molecule has 0 spiro atoms. The maximum absolute atomic E-state index is 4.19. The van der Waals surface area contributed by atoms with Crippen molar-refractivity contribution in [1.82, 2.24) is 19.8 Å². The van der Waals surface area contributed by atoms with Gasteiger partial charge < -0.3 is 14.8 Å². The molecule has 1 aliphatic heterocycles. The Morgan fingerprint density at radius 2 is 2.17 bits per heavy atom. The predicted molar refractivity (Wildman–Crippen MR) is 74.4 cm³/mol. The smallest absolute Gasteiger partial charge is 0.0948 e. The van der Waals surface area contributed by atoms with E-state index < -0.39 is 0 Å². The van der Waals surface area contributed by atoms with E-state index in [1.165, 1.54) is 38.0 Å². The van der Waals surface area contributed by atoms with Crippen LogP contribution < -0.4 is 5.32 Å². The van der Waals surface area contributed by atoms with Crippen LogP contribution in [0.5, 0.6) is 0 Å². The van der Waals surface area contributed by atoms with E-state index in [1.807, 2.05) is 12.5 Å². The third kappa shape index (κ3) is 3.82. The van der Waals surface area contributed by atoms with Crippen LogP contribution in [0.3, 0.4) is 0 Å². The first-order valence-corrected chi connectivity index (χ1v) is 7.18. The molecule has 0 radical (unpaired) electrons. The molecule has 1 aliphatic rings. The molecule has 0 atom stereocenters. The number of nitrogens with zero attached hydrogens (tertiary/aromatic N) is 3. The summed E-state index contributed by atoms with van der Waals surface area (Å²) in [6.07, 6.45) is 7.92. The Balaban J connectivity index is 1.61. The van der Waals surface area contributed by atoms with Crippen LogP contribution in [0, 0.1) is 5.92 Å². The minimum absolute atomic E-state index is 0.921. The number of piperidine rings is 1. The average Bonchev–Trinajstić information content (AvgIpc) is 2.84. The largest absolute Gasteiger partial charge is 0.334 e. The van der Waals surface area contributed by atoms with Crippen molar-refractivity contribution in [3.05, 3.63) is 18.2 Å². The number of hydrogen-bond donors (Lipinski definition) is 1. The fraction of sp³-hybridized carbons (Fsp3) is 0.786. The first kappa shape index (κ1) is 13.6. The topological polar surface area (TPSA) is 33.1 Å². The summed E-state index contributed by atoms with van der Waals surface area (Å²) < 4.78 is 2.20. The highest BCUT2D eigenvalue weighted by Gasteiger charge is 2.15. The van der Waals surface area contributed by atoms with Crippen LogP contribution in [0.25, 0.3) is 0 Å². The van der Waals surface area contributed by atoms with Gasteiger partial charge in [0.2, 0.25) is 0 Å². The van der Waals surface area contributed by atoms with Crippen LogP contribution >= 0.6 is 0 Å². The second-order valence-corrected chi connectivity index (χ2v) is 5.38. The molecule has 0 aromatic carbocycles. The summed E-state index contributed by atoms with van der Waals surface area (Å²) in [6.45, 7) is 7.78. The van der Waals surface area contributed by atoms with Gasteiger partial charge >= 0.3 is 0 Å². The Bertz CT molecular complexity index is 339. The first-order chi connectivity index (χ1) is 8.79. The zero-order chi connectivity index (χ0) is 12.8. The highest BCUT2D eigenvalue weighted by atomic mass is 15.1. The molecule has 1 N–H and O–H groups in total. The van der Waals surface area contributed by atoms with Crippen LogP contribution in [0.2, 0.25) is 0 Å². The normalized spacial score (nSPS) is 18.3. The maximum atomic E-state index is 4.19. The molecule has 1 aromatic rings. The summed E-state index contributed by atoms with van der Waals surface area (Å²) in [5.74, 6) is 0.921. The highest BCUT2D eigenvalue weighted by molar-refractivity contribution is 4.97. The van der Waals surface area contributed by atoms with Gasteiger partial charge in [0.15, 0.2) is 0 Å². The number of aromatic nitrogens is 2. The van der Waals surface area contributed by atoms with E-state index in [0.717, 1.165) is 25.6 Å². The molecule has 18 heavy (non-hydrogen) atoms. The van der Waals surface area contributed by atoms with Gasteiger partial charge in [-0.25, -0.2) is 4.98 Å². The molecular formula is C14H26N4. The summed E-state index contributed by atoms with van der Waals surface area (Å²) >= 11 is 0. The van der Waals surface area contributed by atoms with E-state index in [-0.39, 0.29) is 0 Å². The number of aryl methyl sites for hydroxylation is 1. The summed E-state index contributed by atoms with van der Waals surface area (Å²) in [5, 5.41) is 3.55. The molecule has 0 amide bonds. The van der Waals surface area contributed by atoms with Gasteiger partial charge in [-0.3, -0.25) is 0 Å². The monoisotopic (exact) mass is 250 g/mol. The molecule has 1 saturated heterocycles. The average molecular weight is 250 g/mol. The lowest BCUT2D eigenvalue weighted by atomic mass is 9.94. The number of likely N-dealkylation sites (tertiary alicyclic amines) is 1. The second kappa shape index (κ2) is 6.90. The third-order valence-electron chi connectivity index (χ3n) is 4.01. The van der Waals surface area contributed by atoms with E-state index >= 15 is 0 Å². The fourth-order valence-electron chi connectivity index (χ4n) is 2.65. The van der Waals surface area contributed by atoms with Gasteiger partial charge in [0.1, 0.15) is 0 Å². The Hall–Kier alpha value is -0.870. The summed E-state index contributed by atoms with van der Waals surface area (Å²) in [5.41, 5.74) is 1.29. The maximum Gasteiger partial charge on any atom is 0.0948 e. The van der Waals surface area contributed by atoms with Gasteiger partial charge in [0.05, 0.1) is 12.0 Å². The van der Waals surface area contributed by atoms with Crippen molar-refractivity contribution in [2.24, 2.45) is 5.92 Å². The van der Waals surface area contributed by atoms with Gasteiger partial charge in [0.25, 0.3) is 0 Å². The summed E-state index contributed by atoms with van der Waals surface area (Å²) in [6, 6.07) is 0. The molecular weight excluding hydrogens is 224 g/mol. The lowest BCUT2D eigenvalue weighted by Crippen LogP contribution is -2.31. The lowest BCUT2D eigenvalue weighted by molar-refractivity contribution is 0.211. The third-order valence-corrected chi connectivity index (χ3v) is 4.01. The van der Waals surface area contributed by atoms with Gasteiger partial charge in [-0.05, 0) is 58.8 Å². The SMILES string of the molecule is CCn1cncc1CNCCC1CCN(C)CC1. The second-order valence-electron chi connectivity index (χ2n) is 5.38. The Labute approximate surface area is 110 Å². The first-order valence-electron chi connectivity index (χ1n) is 7.18. The van der Waals surface area contributed by atoms with Crippen molar-refractivity contribution in [1.29, 1.82) is 0 Å². The van der Waals surface area contributed by atoms with Gasteiger partial charge in [-0.15, -0.1) is 0 Å². The predicted octanol–water partition coefficient (Wildman–Crippen LogP) is 1.72. The summed E-state index contributed by atoms with van der Waals surface area (Å²) in [7, 11) is 2.22. The molecule has 0 unspecified atom stereocenters. The molecule has 2 rings (SSSR count). The Kier molecular flexibility index (Phi) is 5.20. The van der Waals surface area contributed by atoms with Crippen LogP contribution in [-0.2, 0) is 13.1 Å². The Morgan fingerprint density at radius 3 is 2.89 bits per heavy atom. The van der Waals surface area contributed by atoms with E-state index in [2.05, 4.69) is 33.7 Å². The minimum Gasteiger partial charge on any atom is -0.334 e. The van der Waals surface area contributed by atoms with Crippen molar-refractivity contribution in [3.63, 3.8) is 0 Å². The number of imidazole rings is 1. The molecule has 1 aromatic heterocycles. The Morgan fingerprint density at radius 1 is 1.39 bits per heavy atom. The van der Waals surface area contributed by atoms with E-state index in [0.29, 0.717) is 0 Å². The molecule has 4 nitrogen and oxygen atoms in total. The lowest BCUT2D eigenvalue weighted by Gasteiger charge is -2.28. The van der Waals surface area contributed by atoms with Gasteiger partial charge in [-0.1, -0.05) is 0 Å². The highest BCUT2D eigenvalue weighted by Crippen LogP contribution is 2.18. The van der Waals surface area contributed by atoms with Gasteiger partial charge in [0, 0.05) is 19.3 Å². The van der Waals surface area contributed by atoms with Crippen LogP contribution in [0.1, 0.15) is 31.9 Å². The standard InChI is InChI=1S/C14H26N4/c1-3-18-12-16-11-14(18)10-15-7-4-13-5-8-17(2)9-6-13/h11-13,15H,3-10H2,1-2H3. The van der Waals surface area contributed by atoms with Gasteiger partial charge in [-0.2, -0.15) is 0 Å². The van der Waals surface area contributed by atoms with Crippen molar-refractivity contribution in [2.75, 3.05) is 26.7 Å². The van der Waals surface area contributed by atoms with Crippen LogP contribution in [0.15, 0.2) is 12.5 Å². The number of rotatable bonds is 6. The number of nitrogens with one attached hydrogen (secondary N) is 1. The van der Waals surface area contributed by atoms with Crippen molar-refractivity contribution < 1.29 is 0 Å². The fourth-order valence-corrected chi connectivity index (χ4v) is 2.65. The minimum atomic E-state index is 0.921. The van der Waals surface area contributed by atoms with Crippen molar-refractivity contribution in [3.8, 4) is 0 Å². The van der Waals surface area contributed by atoms with E-state index in [9.17, 15) is 0 Å². The van der Waals surface area contributed by atoms with Crippen molar-refractivity contribution >= 4 is 0 Å². The number of hydrogen-bond acceptors (Lipinski definition) is 3. The molecule has 1 fully saturated rings. The summed E-state index contributed by atoms with van der Waals surface area (Å²) in [4.78, 5) is 6.62. The quantitative estimate of drug-likeness (QED) is 0.781. The molecule has 4 heteroatoms. The van der Waals surface area contributed by atoms with Crippen molar-refractivity contribution in [2.45, 2.75) is 39.3 Å². The van der Waals surface area contributed by atoms with Crippen LogP contribution in [-0.4, -0.2) is 41.1 Å². The zero-order valence-electron chi connectivity index (χ0n) is 11.7. The van der Waals surface area contributed by atoms with Crippen LogP contribution in [0.4, 0.5) is 0 Å². The van der Waals surface area contributed by atoms with E-state index in [4.69, 9.17) is 0 Å². The zero-order valence-corrected chi connectivity index (χ0v) is 11.7. The molecule has 0 aliphatic carbocycles. The molecule has 102 valence electrons. The molecule has 0 bridgehead atoms. The molecule has 2 heterocycles. The van der Waals surface area contributed by atoms with E-state index in [1.54, 1.807) is 0 Å².